The van der Waals surface area contributed by atoms with Crippen molar-refractivity contribution in [3.05, 3.63) is 29.3 Å². The van der Waals surface area contributed by atoms with Crippen LogP contribution in [0.25, 0.3) is 0 Å². The molecule has 0 spiro atoms. The molecule has 1 saturated carbocycles. The maximum Gasteiger partial charge on any atom is 0.103 e. The van der Waals surface area contributed by atoms with Gasteiger partial charge >= 0.3 is 0 Å². The van der Waals surface area contributed by atoms with Crippen LogP contribution >= 0.6 is 12.2 Å². The second kappa shape index (κ2) is 5.27. The van der Waals surface area contributed by atoms with Crippen molar-refractivity contribution < 1.29 is 0 Å². The average molecular weight is 262 g/mol. The second-order valence-corrected chi connectivity index (χ2v) is 6.08. The first-order chi connectivity index (χ1) is 8.49. The molecule has 0 bridgehead atoms. The van der Waals surface area contributed by atoms with Crippen LogP contribution in [0.3, 0.4) is 0 Å². The molecule has 1 aliphatic rings. The molecule has 0 amide bonds. The topological polar surface area (TPSA) is 29.3 Å². The van der Waals surface area contributed by atoms with E-state index >= 15 is 0 Å². The fourth-order valence-corrected chi connectivity index (χ4v) is 2.48. The number of anilines is 1. The summed E-state index contributed by atoms with van der Waals surface area (Å²) < 4.78 is 0. The van der Waals surface area contributed by atoms with E-state index in [0.717, 1.165) is 18.2 Å². The first kappa shape index (κ1) is 13.3. The van der Waals surface area contributed by atoms with E-state index in [1.165, 1.54) is 24.1 Å². The Bertz CT molecular complexity index is 450. The summed E-state index contributed by atoms with van der Waals surface area (Å²) in [6.07, 6.45) is 2.65. The third-order valence-electron chi connectivity index (χ3n) is 3.34. The van der Waals surface area contributed by atoms with Gasteiger partial charge in [0.15, 0.2) is 0 Å². The molecule has 1 aromatic carbocycles. The van der Waals surface area contributed by atoms with Crippen molar-refractivity contribution in [3.63, 3.8) is 0 Å². The predicted molar refractivity (Wildman–Crippen MR) is 82.3 cm³/mol. The number of aryl methyl sites for hydroxylation is 1. The van der Waals surface area contributed by atoms with Crippen molar-refractivity contribution in [2.24, 2.45) is 11.7 Å². The summed E-state index contributed by atoms with van der Waals surface area (Å²) in [6, 6.07) is 7.06. The van der Waals surface area contributed by atoms with E-state index in [4.69, 9.17) is 18.0 Å². The van der Waals surface area contributed by atoms with Gasteiger partial charge in [-0.3, -0.25) is 0 Å². The zero-order valence-corrected chi connectivity index (χ0v) is 12.3. The lowest BCUT2D eigenvalue weighted by Gasteiger charge is -2.28. The lowest BCUT2D eigenvalue weighted by Crippen LogP contribution is -2.30. The zero-order valence-electron chi connectivity index (χ0n) is 11.4. The van der Waals surface area contributed by atoms with Gasteiger partial charge in [-0.2, -0.15) is 0 Å². The van der Waals surface area contributed by atoms with Crippen molar-refractivity contribution in [1.82, 2.24) is 0 Å². The van der Waals surface area contributed by atoms with Crippen LogP contribution in [0.4, 0.5) is 5.69 Å². The lowest BCUT2D eigenvalue weighted by molar-refractivity contribution is 0.606. The van der Waals surface area contributed by atoms with Crippen LogP contribution in [-0.2, 0) is 0 Å². The average Bonchev–Trinajstić information content (AvgIpc) is 3.09. The third kappa shape index (κ3) is 3.02. The zero-order chi connectivity index (χ0) is 13.3. The summed E-state index contributed by atoms with van der Waals surface area (Å²) in [4.78, 5) is 3.02. The Hall–Kier alpha value is -1.09. The smallest absolute Gasteiger partial charge is 0.103 e. The highest BCUT2D eigenvalue weighted by molar-refractivity contribution is 7.80. The monoisotopic (exact) mass is 262 g/mol. The van der Waals surface area contributed by atoms with E-state index in [9.17, 15) is 0 Å². The van der Waals surface area contributed by atoms with E-state index in [1.807, 2.05) is 6.07 Å². The molecule has 0 atom stereocenters. The number of nitrogens with two attached hydrogens (primary N) is 1. The summed E-state index contributed by atoms with van der Waals surface area (Å²) in [6.45, 7) is 7.81. The molecule has 0 unspecified atom stereocenters. The van der Waals surface area contributed by atoms with E-state index < -0.39 is 0 Å². The molecule has 18 heavy (non-hydrogen) atoms. The Morgan fingerprint density at radius 3 is 2.56 bits per heavy atom. The lowest BCUT2D eigenvalue weighted by atomic mass is 10.1. The molecular formula is C15H22N2S. The van der Waals surface area contributed by atoms with Crippen molar-refractivity contribution in [2.45, 2.75) is 39.7 Å². The Kier molecular flexibility index (Phi) is 3.91. The Morgan fingerprint density at radius 1 is 1.44 bits per heavy atom. The molecule has 3 heteroatoms. The molecule has 0 aliphatic heterocycles. The van der Waals surface area contributed by atoms with E-state index in [-0.39, 0.29) is 0 Å². The predicted octanol–water partition coefficient (Wildman–Crippen LogP) is 3.25. The number of rotatable bonds is 5. The highest BCUT2D eigenvalue weighted by atomic mass is 32.1. The molecule has 1 fully saturated rings. The number of hydrogen-bond acceptors (Lipinski definition) is 2. The van der Waals surface area contributed by atoms with Crippen LogP contribution in [0.1, 0.15) is 37.8 Å². The van der Waals surface area contributed by atoms with Gasteiger partial charge in [-0.25, -0.2) is 0 Å². The normalized spacial score (nSPS) is 14.9. The minimum atomic E-state index is 0.478. The van der Waals surface area contributed by atoms with E-state index in [1.54, 1.807) is 0 Å². The SMILES string of the molecule is Cc1cc(C(N)=S)ccc1N(CC(C)C)C1CC1. The molecule has 0 heterocycles. The fraction of sp³-hybridized carbons (Fsp3) is 0.533. The van der Waals surface area contributed by atoms with Gasteiger partial charge in [0.2, 0.25) is 0 Å². The van der Waals surface area contributed by atoms with Gasteiger partial charge in [-0.1, -0.05) is 26.1 Å². The van der Waals surface area contributed by atoms with Crippen LogP contribution in [0.2, 0.25) is 0 Å². The van der Waals surface area contributed by atoms with Gasteiger partial charge in [-0.15, -0.1) is 0 Å². The van der Waals surface area contributed by atoms with Crippen LogP contribution in [-0.4, -0.2) is 17.6 Å². The van der Waals surface area contributed by atoms with Crippen LogP contribution < -0.4 is 10.6 Å². The van der Waals surface area contributed by atoms with E-state index in [2.05, 4.69) is 37.8 Å². The van der Waals surface area contributed by atoms with Crippen molar-refractivity contribution >= 4 is 22.9 Å². The Labute approximate surface area is 115 Å². The molecular weight excluding hydrogens is 240 g/mol. The fourth-order valence-electron chi connectivity index (χ4n) is 2.35. The summed E-state index contributed by atoms with van der Waals surface area (Å²) in [7, 11) is 0. The van der Waals surface area contributed by atoms with Gasteiger partial charge in [0.05, 0.1) is 0 Å². The third-order valence-corrected chi connectivity index (χ3v) is 3.58. The number of nitrogens with zero attached hydrogens (tertiary/aromatic N) is 1. The minimum absolute atomic E-state index is 0.478. The Morgan fingerprint density at radius 2 is 2.11 bits per heavy atom. The molecule has 1 aliphatic carbocycles. The number of thiocarbonyl (C=S) groups is 1. The maximum atomic E-state index is 5.68. The van der Waals surface area contributed by atoms with E-state index in [0.29, 0.717) is 10.9 Å². The molecule has 0 radical (unpaired) electrons. The largest absolute Gasteiger partial charge is 0.389 e. The Balaban J connectivity index is 2.27. The molecule has 0 saturated heterocycles. The highest BCUT2D eigenvalue weighted by Gasteiger charge is 2.30. The van der Waals surface area contributed by atoms with Crippen LogP contribution in [0.5, 0.6) is 0 Å². The maximum absolute atomic E-state index is 5.68. The van der Waals surface area contributed by atoms with Crippen molar-refractivity contribution in [1.29, 1.82) is 0 Å². The second-order valence-electron chi connectivity index (χ2n) is 5.64. The van der Waals surface area contributed by atoms with Crippen LogP contribution in [0, 0.1) is 12.8 Å². The van der Waals surface area contributed by atoms with Gasteiger partial charge in [0, 0.05) is 23.8 Å². The quantitative estimate of drug-likeness (QED) is 0.826. The minimum Gasteiger partial charge on any atom is -0.389 e. The first-order valence-corrected chi connectivity index (χ1v) is 7.07. The molecule has 2 N–H and O–H groups in total. The van der Waals surface area contributed by atoms with Crippen LogP contribution in [0.15, 0.2) is 18.2 Å². The summed E-state index contributed by atoms with van der Waals surface area (Å²) in [5.41, 5.74) is 9.25. The molecule has 2 rings (SSSR count). The van der Waals surface area contributed by atoms with Crippen molar-refractivity contribution in [3.8, 4) is 0 Å². The number of hydrogen-bond donors (Lipinski definition) is 1. The van der Waals surface area contributed by atoms with Crippen molar-refractivity contribution in [2.75, 3.05) is 11.4 Å². The highest BCUT2D eigenvalue weighted by Crippen LogP contribution is 2.34. The van der Waals surface area contributed by atoms with Gasteiger partial charge in [0.1, 0.15) is 4.99 Å². The van der Waals surface area contributed by atoms with Gasteiger partial charge < -0.3 is 10.6 Å². The molecule has 98 valence electrons. The van der Waals surface area contributed by atoms with Gasteiger partial charge in [0.25, 0.3) is 0 Å². The molecule has 1 aromatic rings. The van der Waals surface area contributed by atoms with Gasteiger partial charge in [-0.05, 0) is 49.4 Å². The standard InChI is InChI=1S/C15H22N2S/c1-10(2)9-17(13-5-6-13)14-7-4-12(15(16)18)8-11(14)3/h4,7-8,10,13H,5-6,9H2,1-3H3,(H2,16,18). The molecule has 0 aromatic heterocycles. The summed E-state index contributed by atoms with van der Waals surface area (Å²) in [5, 5.41) is 0. The number of benzene rings is 1. The summed E-state index contributed by atoms with van der Waals surface area (Å²) in [5.74, 6) is 0.681. The summed E-state index contributed by atoms with van der Waals surface area (Å²) >= 11 is 5.03. The molecule has 2 nitrogen and oxygen atoms in total. The first-order valence-electron chi connectivity index (χ1n) is 6.66.